The number of nitrogen functional groups attached to an aromatic ring is 1. The van der Waals surface area contributed by atoms with Gasteiger partial charge in [-0.05, 0) is 35.5 Å². The van der Waals surface area contributed by atoms with Gasteiger partial charge in [-0.15, -0.1) is 5.10 Å². The molecule has 0 aliphatic carbocycles. The molecule has 9 heteroatoms. The third-order valence-corrected chi connectivity index (χ3v) is 4.04. The molecule has 114 valence electrons. The van der Waals surface area contributed by atoms with E-state index in [0.29, 0.717) is 22.8 Å². The zero-order chi connectivity index (χ0) is 15.6. The number of tetrazole rings is 1. The summed E-state index contributed by atoms with van der Waals surface area (Å²) in [6.45, 7) is 1.73. The smallest absolute Gasteiger partial charge is 0.184 e. The SMILES string of the molecule is COc1ccc(N)c(-c2nnnn2C(C)CS(C)(=O)=O)c1. The highest BCUT2D eigenvalue weighted by Crippen LogP contribution is 2.29. The van der Waals surface area contributed by atoms with E-state index in [1.165, 1.54) is 10.9 Å². The molecule has 0 radical (unpaired) electrons. The highest BCUT2D eigenvalue weighted by atomic mass is 32.2. The van der Waals surface area contributed by atoms with Gasteiger partial charge in [-0.1, -0.05) is 0 Å². The van der Waals surface area contributed by atoms with E-state index in [-0.39, 0.29) is 5.75 Å². The lowest BCUT2D eigenvalue weighted by Crippen LogP contribution is -2.18. The zero-order valence-corrected chi connectivity index (χ0v) is 12.8. The Labute approximate surface area is 122 Å². The predicted molar refractivity (Wildman–Crippen MR) is 78.6 cm³/mol. The summed E-state index contributed by atoms with van der Waals surface area (Å²) in [5.74, 6) is 0.960. The van der Waals surface area contributed by atoms with Crippen LogP contribution in [-0.4, -0.2) is 47.7 Å². The molecule has 1 heterocycles. The number of anilines is 1. The molecular formula is C12H17N5O3S. The number of nitrogens with zero attached hydrogens (tertiary/aromatic N) is 4. The summed E-state index contributed by atoms with van der Waals surface area (Å²) in [7, 11) is -1.60. The first-order valence-electron chi connectivity index (χ1n) is 6.21. The molecule has 1 aromatic carbocycles. The van der Waals surface area contributed by atoms with Crippen molar-refractivity contribution in [2.24, 2.45) is 0 Å². The van der Waals surface area contributed by atoms with E-state index < -0.39 is 15.9 Å². The van der Waals surface area contributed by atoms with Crippen molar-refractivity contribution in [1.29, 1.82) is 0 Å². The lowest BCUT2D eigenvalue weighted by atomic mass is 10.1. The van der Waals surface area contributed by atoms with Crippen LogP contribution < -0.4 is 10.5 Å². The fraction of sp³-hybridized carbons (Fsp3) is 0.417. The van der Waals surface area contributed by atoms with E-state index in [1.54, 1.807) is 32.2 Å². The lowest BCUT2D eigenvalue weighted by molar-refractivity contribution is 0.415. The molecule has 2 rings (SSSR count). The molecule has 1 unspecified atom stereocenters. The number of nitrogens with two attached hydrogens (primary N) is 1. The Morgan fingerprint density at radius 2 is 2.14 bits per heavy atom. The summed E-state index contributed by atoms with van der Waals surface area (Å²) in [6, 6.07) is 4.72. The molecule has 0 fully saturated rings. The normalized spacial score (nSPS) is 13.1. The maximum Gasteiger partial charge on any atom is 0.184 e. The van der Waals surface area contributed by atoms with Crippen LogP contribution in [0.4, 0.5) is 5.69 Å². The van der Waals surface area contributed by atoms with Crippen LogP contribution in [0.1, 0.15) is 13.0 Å². The quantitative estimate of drug-likeness (QED) is 0.801. The van der Waals surface area contributed by atoms with Crippen LogP contribution in [0.3, 0.4) is 0 Å². The van der Waals surface area contributed by atoms with Crippen LogP contribution in [0.5, 0.6) is 5.75 Å². The van der Waals surface area contributed by atoms with Gasteiger partial charge < -0.3 is 10.5 Å². The third-order valence-electron chi connectivity index (χ3n) is 2.96. The molecule has 2 N–H and O–H groups in total. The maximum absolute atomic E-state index is 11.4. The van der Waals surface area contributed by atoms with Crippen LogP contribution in [0, 0.1) is 0 Å². The Morgan fingerprint density at radius 1 is 1.43 bits per heavy atom. The number of hydrogen-bond acceptors (Lipinski definition) is 7. The van der Waals surface area contributed by atoms with E-state index in [1.807, 2.05) is 0 Å². The number of rotatable bonds is 5. The summed E-state index contributed by atoms with van der Waals surface area (Å²) in [5.41, 5.74) is 7.03. The fourth-order valence-corrected chi connectivity index (χ4v) is 3.05. The van der Waals surface area contributed by atoms with E-state index in [4.69, 9.17) is 10.5 Å². The maximum atomic E-state index is 11.4. The van der Waals surface area contributed by atoms with Crippen molar-refractivity contribution in [2.75, 3.05) is 24.9 Å². The molecule has 21 heavy (non-hydrogen) atoms. The zero-order valence-electron chi connectivity index (χ0n) is 12.0. The summed E-state index contributed by atoms with van der Waals surface area (Å²) in [5, 5.41) is 11.4. The molecule has 8 nitrogen and oxygen atoms in total. The average molecular weight is 311 g/mol. The molecule has 0 aliphatic heterocycles. The van der Waals surface area contributed by atoms with E-state index >= 15 is 0 Å². The Kier molecular flexibility index (Phi) is 4.12. The number of aromatic nitrogens is 4. The van der Waals surface area contributed by atoms with Crippen LogP contribution in [0.15, 0.2) is 18.2 Å². The fourth-order valence-electron chi connectivity index (χ4n) is 2.03. The summed E-state index contributed by atoms with van der Waals surface area (Å²) < 4.78 is 29.5. The second kappa shape index (κ2) is 5.68. The van der Waals surface area contributed by atoms with E-state index in [9.17, 15) is 8.42 Å². The van der Waals surface area contributed by atoms with E-state index in [2.05, 4.69) is 15.5 Å². The average Bonchev–Trinajstić information content (AvgIpc) is 2.86. The van der Waals surface area contributed by atoms with Crippen molar-refractivity contribution in [1.82, 2.24) is 20.2 Å². The summed E-state index contributed by atoms with van der Waals surface area (Å²) in [6.07, 6.45) is 1.17. The van der Waals surface area contributed by atoms with Crippen molar-refractivity contribution in [3.05, 3.63) is 18.2 Å². The highest BCUT2D eigenvalue weighted by Gasteiger charge is 2.20. The Morgan fingerprint density at radius 3 is 2.76 bits per heavy atom. The Bertz CT molecular complexity index is 741. The van der Waals surface area contributed by atoms with Gasteiger partial charge in [-0.25, -0.2) is 13.1 Å². The molecule has 1 aromatic heterocycles. The molecule has 0 spiro atoms. The summed E-state index contributed by atoms with van der Waals surface area (Å²) in [4.78, 5) is 0. The van der Waals surface area contributed by atoms with E-state index in [0.717, 1.165) is 0 Å². The first kappa shape index (κ1) is 15.2. The minimum atomic E-state index is -3.14. The monoisotopic (exact) mass is 311 g/mol. The second-order valence-electron chi connectivity index (χ2n) is 4.84. The van der Waals surface area contributed by atoms with Crippen molar-refractivity contribution in [3.63, 3.8) is 0 Å². The number of sulfone groups is 1. The van der Waals surface area contributed by atoms with Crippen LogP contribution >= 0.6 is 0 Å². The first-order chi connectivity index (χ1) is 9.81. The van der Waals surface area contributed by atoms with Crippen LogP contribution in [-0.2, 0) is 9.84 Å². The van der Waals surface area contributed by atoms with Crippen LogP contribution in [0.25, 0.3) is 11.4 Å². The molecule has 0 amide bonds. The largest absolute Gasteiger partial charge is 0.497 e. The van der Waals surface area contributed by atoms with Gasteiger partial charge in [0.2, 0.25) is 0 Å². The second-order valence-corrected chi connectivity index (χ2v) is 7.03. The van der Waals surface area contributed by atoms with Gasteiger partial charge in [0.05, 0.1) is 18.9 Å². The molecule has 1 atom stereocenters. The molecular weight excluding hydrogens is 294 g/mol. The minimum Gasteiger partial charge on any atom is -0.497 e. The van der Waals surface area contributed by atoms with Crippen molar-refractivity contribution in [3.8, 4) is 17.1 Å². The first-order valence-corrected chi connectivity index (χ1v) is 8.27. The highest BCUT2D eigenvalue weighted by molar-refractivity contribution is 7.90. The van der Waals surface area contributed by atoms with Gasteiger partial charge in [0.1, 0.15) is 15.6 Å². The molecule has 0 saturated heterocycles. The number of hydrogen-bond donors (Lipinski definition) is 1. The standard InChI is InChI=1S/C12H17N5O3S/c1-8(7-21(3,18)19)17-12(14-15-16-17)10-6-9(20-2)4-5-11(10)13/h4-6,8H,7,13H2,1-3H3. The molecule has 0 saturated carbocycles. The van der Waals surface area contributed by atoms with Crippen LogP contribution in [0.2, 0.25) is 0 Å². The van der Waals surface area contributed by atoms with Crippen molar-refractivity contribution >= 4 is 15.5 Å². The van der Waals surface area contributed by atoms with Crippen molar-refractivity contribution < 1.29 is 13.2 Å². The Hall–Kier alpha value is -2.16. The minimum absolute atomic E-state index is 0.0606. The van der Waals surface area contributed by atoms with Gasteiger partial charge in [-0.3, -0.25) is 0 Å². The molecule has 0 aliphatic rings. The van der Waals surface area contributed by atoms with Gasteiger partial charge in [0, 0.05) is 17.5 Å². The molecule has 0 bridgehead atoms. The van der Waals surface area contributed by atoms with Gasteiger partial charge in [0.15, 0.2) is 5.82 Å². The van der Waals surface area contributed by atoms with Gasteiger partial charge >= 0.3 is 0 Å². The predicted octanol–water partition coefficient (Wildman–Crippen LogP) is 0.536. The van der Waals surface area contributed by atoms with Crippen molar-refractivity contribution in [2.45, 2.75) is 13.0 Å². The third kappa shape index (κ3) is 3.48. The topological polar surface area (TPSA) is 113 Å². The van der Waals surface area contributed by atoms with Gasteiger partial charge in [0.25, 0.3) is 0 Å². The number of ether oxygens (including phenoxy) is 1. The lowest BCUT2D eigenvalue weighted by Gasteiger charge is -2.13. The summed E-state index contributed by atoms with van der Waals surface area (Å²) >= 11 is 0. The number of methoxy groups -OCH3 is 1. The number of benzene rings is 1. The molecule has 2 aromatic rings. The Balaban J connectivity index is 2.45. The van der Waals surface area contributed by atoms with Gasteiger partial charge in [-0.2, -0.15) is 0 Å².